The van der Waals surface area contributed by atoms with Gasteiger partial charge in [0.05, 0.1) is 12.1 Å². The van der Waals surface area contributed by atoms with Crippen molar-refractivity contribution in [3.05, 3.63) is 22.6 Å². The minimum Gasteiger partial charge on any atom is -0.339 e. The van der Waals surface area contributed by atoms with Crippen LogP contribution in [0.4, 0.5) is 0 Å². The van der Waals surface area contributed by atoms with E-state index < -0.39 is 0 Å². The molecular weight excluding hydrogens is 244 g/mol. The number of hydrogen-bond acceptors (Lipinski definition) is 3. The Bertz CT molecular complexity index is 437. The molecule has 2 aromatic rings. The maximum Gasteiger partial charge on any atom is 0.177 e. The molecule has 5 heteroatoms. The molecule has 0 spiro atoms. The van der Waals surface area contributed by atoms with Crippen LogP contribution in [0, 0.1) is 0 Å². The lowest BCUT2D eigenvalue weighted by Crippen LogP contribution is -2.12. The van der Waals surface area contributed by atoms with Crippen molar-refractivity contribution in [3.8, 4) is 0 Å². The zero-order chi connectivity index (χ0) is 9.97. The maximum absolute atomic E-state index is 4.34. The molecule has 0 aliphatic rings. The van der Waals surface area contributed by atoms with Crippen LogP contribution in [0.2, 0.25) is 0 Å². The standard InChI is InChI=1S/C9H11BrN4/c1-2-11-5-8-13-7-3-6(10)4-12-9(7)14-8/h3-4,11H,2,5H2,1H3,(H,12,13,14). The van der Waals surface area contributed by atoms with Crippen molar-refractivity contribution in [2.45, 2.75) is 13.5 Å². The first-order valence-corrected chi connectivity index (χ1v) is 5.29. The van der Waals surface area contributed by atoms with Crippen LogP contribution in [0.15, 0.2) is 16.7 Å². The number of aromatic nitrogens is 3. The van der Waals surface area contributed by atoms with Crippen molar-refractivity contribution in [2.24, 2.45) is 0 Å². The third-order valence-corrected chi connectivity index (χ3v) is 2.33. The first-order valence-electron chi connectivity index (χ1n) is 4.50. The summed E-state index contributed by atoms with van der Waals surface area (Å²) in [4.78, 5) is 11.7. The van der Waals surface area contributed by atoms with Crippen molar-refractivity contribution >= 4 is 27.1 Å². The molecule has 14 heavy (non-hydrogen) atoms. The molecular formula is C9H11BrN4. The molecule has 2 N–H and O–H groups in total. The molecule has 2 aromatic heterocycles. The van der Waals surface area contributed by atoms with Gasteiger partial charge in [-0.3, -0.25) is 0 Å². The van der Waals surface area contributed by atoms with E-state index in [4.69, 9.17) is 0 Å². The SMILES string of the molecule is CCNCc1nc2ncc(Br)cc2[nH]1. The van der Waals surface area contributed by atoms with Crippen LogP contribution < -0.4 is 5.32 Å². The first-order chi connectivity index (χ1) is 6.79. The molecule has 0 radical (unpaired) electrons. The van der Waals surface area contributed by atoms with E-state index in [0.717, 1.165) is 34.6 Å². The number of halogens is 1. The van der Waals surface area contributed by atoms with E-state index in [1.54, 1.807) is 6.20 Å². The summed E-state index contributed by atoms with van der Waals surface area (Å²) in [6, 6.07) is 1.98. The molecule has 4 nitrogen and oxygen atoms in total. The van der Waals surface area contributed by atoms with Crippen LogP contribution in [0.25, 0.3) is 11.2 Å². The predicted molar refractivity (Wildman–Crippen MR) is 59.0 cm³/mol. The summed E-state index contributed by atoms with van der Waals surface area (Å²) in [5.74, 6) is 0.924. The van der Waals surface area contributed by atoms with Crippen LogP contribution in [-0.4, -0.2) is 21.5 Å². The Balaban J connectivity index is 2.32. The molecule has 0 aromatic carbocycles. The van der Waals surface area contributed by atoms with Gasteiger partial charge < -0.3 is 10.3 Å². The number of H-pyrrole nitrogens is 1. The third kappa shape index (κ3) is 1.93. The number of hydrogen-bond donors (Lipinski definition) is 2. The van der Waals surface area contributed by atoms with Crippen molar-refractivity contribution in [3.63, 3.8) is 0 Å². The Morgan fingerprint density at radius 1 is 1.57 bits per heavy atom. The van der Waals surface area contributed by atoms with Crippen molar-refractivity contribution in [2.75, 3.05) is 6.54 Å². The molecule has 0 aliphatic carbocycles. The minimum atomic E-state index is 0.754. The number of nitrogens with one attached hydrogen (secondary N) is 2. The van der Waals surface area contributed by atoms with Gasteiger partial charge >= 0.3 is 0 Å². The molecule has 0 amide bonds. The molecule has 0 bridgehead atoms. The van der Waals surface area contributed by atoms with Crippen LogP contribution in [0.1, 0.15) is 12.7 Å². The van der Waals surface area contributed by atoms with Crippen LogP contribution in [0.5, 0.6) is 0 Å². The zero-order valence-corrected chi connectivity index (χ0v) is 9.43. The molecule has 2 rings (SSSR count). The Labute approximate surface area is 90.3 Å². The predicted octanol–water partition coefficient (Wildman–Crippen LogP) is 1.83. The summed E-state index contributed by atoms with van der Waals surface area (Å²) in [5, 5.41) is 3.21. The second kappa shape index (κ2) is 4.06. The molecule has 74 valence electrons. The van der Waals surface area contributed by atoms with E-state index in [9.17, 15) is 0 Å². The van der Waals surface area contributed by atoms with Gasteiger partial charge in [-0.15, -0.1) is 0 Å². The minimum absolute atomic E-state index is 0.754. The average Bonchev–Trinajstić information content (AvgIpc) is 2.56. The fourth-order valence-electron chi connectivity index (χ4n) is 1.25. The van der Waals surface area contributed by atoms with Gasteiger partial charge in [-0.1, -0.05) is 6.92 Å². The second-order valence-corrected chi connectivity index (χ2v) is 3.90. The summed E-state index contributed by atoms with van der Waals surface area (Å²) >= 11 is 3.37. The summed E-state index contributed by atoms with van der Waals surface area (Å²) in [7, 11) is 0. The fourth-order valence-corrected chi connectivity index (χ4v) is 1.58. The summed E-state index contributed by atoms with van der Waals surface area (Å²) in [6.45, 7) is 3.76. The normalized spacial score (nSPS) is 11.0. The van der Waals surface area contributed by atoms with E-state index in [1.807, 2.05) is 6.07 Å². The first kappa shape index (κ1) is 9.61. The number of aromatic amines is 1. The van der Waals surface area contributed by atoms with Gasteiger partial charge in [-0.25, -0.2) is 9.97 Å². The number of pyridine rings is 1. The zero-order valence-electron chi connectivity index (χ0n) is 7.84. The Morgan fingerprint density at radius 3 is 3.21 bits per heavy atom. The van der Waals surface area contributed by atoms with Gasteiger partial charge in [0.15, 0.2) is 5.65 Å². The highest BCUT2D eigenvalue weighted by atomic mass is 79.9. The number of rotatable bonds is 3. The van der Waals surface area contributed by atoms with E-state index in [0.29, 0.717) is 0 Å². The van der Waals surface area contributed by atoms with Crippen molar-refractivity contribution in [1.82, 2.24) is 20.3 Å². The summed E-state index contributed by atoms with van der Waals surface area (Å²) in [6.07, 6.45) is 1.75. The topological polar surface area (TPSA) is 53.6 Å². The second-order valence-electron chi connectivity index (χ2n) is 2.99. The average molecular weight is 255 g/mol. The van der Waals surface area contributed by atoms with Crippen LogP contribution >= 0.6 is 15.9 Å². The lowest BCUT2D eigenvalue weighted by Gasteiger charge is -1.94. The Kier molecular flexibility index (Phi) is 2.79. The van der Waals surface area contributed by atoms with Gasteiger partial charge in [0.1, 0.15) is 5.82 Å². The highest BCUT2D eigenvalue weighted by Gasteiger charge is 2.02. The van der Waals surface area contributed by atoms with Crippen LogP contribution in [-0.2, 0) is 6.54 Å². The maximum atomic E-state index is 4.34. The fraction of sp³-hybridized carbons (Fsp3) is 0.333. The van der Waals surface area contributed by atoms with E-state index in [-0.39, 0.29) is 0 Å². The van der Waals surface area contributed by atoms with E-state index >= 15 is 0 Å². The molecule has 0 fully saturated rings. The van der Waals surface area contributed by atoms with Gasteiger partial charge in [0.25, 0.3) is 0 Å². The van der Waals surface area contributed by atoms with Crippen molar-refractivity contribution < 1.29 is 0 Å². The molecule has 0 atom stereocenters. The number of nitrogens with zero attached hydrogens (tertiary/aromatic N) is 2. The number of fused-ring (bicyclic) bond motifs is 1. The molecule has 0 aliphatic heterocycles. The van der Waals surface area contributed by atoms with Crippen molar-refractivity contribution in [1.29, 1.82) is 0 Å². The summed E-state index contributed by atoms with van der Waals surface area (Å²) in [5.41, 5.74) is 1.73. The third-order valence-electron chi connectivity index (χ3n) is 1.90. The van der Waals surface area contributed by atoms with Gasteiger partial charge in [0, 0.05) is 10.7 Å². The van der Waals surface area contributed by atoms with Gasteiger partial charge in [-0.2, -0.15) is 0 Å². The lowest BCUT2D eigenvalue weighted by molar-refractivity contribution is 0.700. The summed E-state index contributed by atoms with van der Waals surface area (Å²) < 4.78 is 0.962. The highest BCUT2D eigenvalue weighted by Crippen LogP contribution is 2.14. The largest absolute Gasteiger partial charge is 0.339 e. The van der Waals surface area contributed by atoms with E-state index in [2.05, 4.69) is 43.1 Å². The van der Waals surface area contributed by atoms with Gasteiger partial charge in [0.2, 0.25) is 0 Å². The van der Waals surface area contributed by atoms with Crippen LogP contribution in [0.3, 0.4) is 0 Å². The highest BCUT2D eigenvalue weighted by molar-refractivity contribution is 9.10. The molecule has 0 saturated carbocycles. The van der Waals surface area contributed by atoms with Gasteiger partial charge in [-0.05, 0) is 28.5 Å². The molecule has 2 heterocycles. The lowest BCUT2D eigenvalue weighted by atomic mass is 10.4. The Hall–Kier alpha value is -0.940. The molecule has 0 saturated heterocycles. The quantitative estimate of drug-likeness (QED) is 0.879. The van der Waals surface area contributed by atoms with E-state index in [1.165, 1.54) is 0 Å². The Morgan fingerprint density at radius 2 is 2.43 bits per heavy atom. The monoisotopic (exact) mass is 254 g/mol. The smallest absolute Gasteiger partial charge is 0.177 e. The number of imidazole rings is 1. The molecule has 0 unspecified atom stereocenters.